The van der Waals surface area contributed by atoms with Crippen molar-refractivity contribution in [3.8, 4) is 0 Å². The van der Waals surface area contributed by atoms with Crippen LogP contribution < -0.4 is 0 Å². The summed E-state index contributed by atoms with van der Waals surface area (Å²) < 4.78 is 50.4. The van der Waals surface area contributed by atoms with E-state index in [-0.39, 0.29) is 44.0 Å². The van der Waals surface area contributed by atoms with Gasteiger partial charge in [-0.05, 0) is 119 Å². The lowest BCUT2D eigenvalue weighted by atomic mass is 9.74. The van der Waals surface area contributed by atoms with Crippen LogP contribution >= 0.6 is 11.3 Å². The molecule has 0 aromatic carbocycles. The number of ether oxygens (including phenoxy) is 1. The molecule has 1 rings (SSSR count). The number of halogens is 1. The fourth-order valence-electron chi connectivity index (χ4n) is 6.09. The van der Waals surface area contributed by atoms with Gasteiger partial charge < -0.3 is 22.4 Å². The Balaban J connectivity index is 3.47. The van der Waals surface area contributed by atoms with Crippen LogP contribution in [0.25, 0.3) is 6.08 Å². The first-order chi connectivity index (χ1) is 27.5. The molecular weight excluding hydrogens is 862 g/mol. The molecule has 0 N–H and O–H groups in total. The molecule has 0 bridgehead atoms. The number of carbonyl (C=O) groups excluding carboxylic acids is 1. The summed E-state index contributed by atoms with van der Waals surface area (Å²) in [4.78, 5) is 19.6. The summed E-state index contributed by atoms with van der Waals surface area (Å²) in [6, 6.07) is 0. The molecule has 62 heavy (non-hydrogen) atoms. The van der Waals surface area contributed by atoms with Gasteiger partial charge in [0, 0.05) is 23.3 Å². The van der Waals surface area contributed by atoms with E-state index in [1.54, 1.807) is 0 Å². The molecule has 5 atom stereocenters. The van der Waals surface area contributed by atoms with E-state index in [4.69, 9.17) is 22.4 Å². The average Bonchev–Trinajstić information content (AvgIpc) is 3.49. The van der Waals surface area contributed by atoms with Gasteiger partial charge in [-0.1, -0.05) is 116 Å². The number of thiazole rings is 1. The topological polar surface area (TPSA) is 76.1 Å². The first kappa shape index (κ1) is 59.4. The monoisotopic (exact) mass is 958 g/mol. The van der Waals surface area contributed by atoms with Crippen molar-refractivity contribution in [2.24, 2.45) is 11.3 Å². The summed E-state index contributed by atoms with van der Waals surface area (Å²) in [6.07, 6.45) is 3.48. The van der Waals surface area contributed by atoms with Gasteiger partial charge in [-0.3, -0.25) is 4.79 Å². The Morgan fingerprint density at radius 2 is 1.21 bits per heavy atom. The van der Waals surface area contributed by atoms with Crippen molar-refractivity contribution >= 4 is 56.5 Å². The zero-order valence-electron chi connectivity index (χ0n) is 44.8. The third-order valence-electron chi connectivity index (χ3n) is 15.0. The summed E-state index contributed by atoms with van der Waals surface area (Å²) in [5.74, 6) is -0.636. The standard InChI is InChI=1S/C49H96FNO6SSi4/c1-35(27-28-41(55-60(21,22)46(8,9)10)40(50)33-39-34-58-38(4)51-39)29-31-53-37(3)43(57-62(25,26)48(14,15)16)36(2)44(52)49(17,18)42(56-61(23,24)47(11,12)13)30-32-54-59(19,20)45(5,6)7/h27,33-34,36-37,41-43H,28-32H2,1-26H3/b35-27-,40-33+/t36-,37-,41+,42+,43+/m1/s1. The predicted molar refractivity (Wildman–Crippen MR) is 276 cm³/mol. The highest BCUT2D eigenvalue weighted by Crippen LogP contribution is 2.45. The van der Waals surface area contributed by atoms with Crippen LogP contribution in [-0.2, 0) is 27.2 Å². The Kier molecular flexibility index (Phi) is 21.1. The Hall–Kier alpha value is -0.622. The number of hydrogen-bond acceptors (Lipinski definition) is 8. The van der Waals surface area contributed by atoms with E-state index in [9.17, 15) is 0 Å². The molecule has 1 aromatic heterocycles. The van der Waals surface area contributed by atoms with Crippen molar-refractivity contribution in [3.63, 3.8) is 0 Å². The van der Waals surface area contributed by atoms with Crippen molar-refractivity contribution in [1.82, 2.24) is 4.98 Å². The van der Waals surface area contributed by atoms with Gasteiger partial charge in [0.15, 0.2) is 33.3 Å². The summed E-state index contributed by atoms with van der Waals surface area (Å²) in [6.45, 7) is 57.8. The van der Waals surface area contributed by atoms with Crippen molar-refractivity contribution in [2.75, 3.05) is 13.2 Å². The Morgan fingerprint density at radius 3 is 1.66 bits per heavy atom. The number of carbonyl (C=O) groups is 1. The largest absolute Gasteiger partial charge is 0.417 e. The third kappa shape index (κ3) is 16.9. The zero-order valence-corrected chi connectivity index (χ0v) is 49.7. The highest BCUT2D eigenvalue weighted by molar-refractivity contribution is 7.09. The Labute approximate surface area is 390 Å². The molecule has 0 fully saturated rings. The molecule has 1 aromatic rings. The van der Waals surface area contributed by atoms with E-state index in [2.05, 4.69) is 167 Å². The molecule has 0 aliphatic carbocycles. The van der Waals surface area contributed by atoms with Crippen molar-refractivity contribution in [2.45, 2.75) is 241 Å². The summed E-state index contributed by atoms with van der Waals surface area (Å²) in [5.41, 5.74) is 0.901. The lowest BCUT2D eigenvalue weighted by Gasteiger charge is -2.46. The van der Waals surface area contributed by atoms with Gasteiger partial charge in [0.05, 0.1) is 35.6 Å². The smallest absolute Gasteiger partial charge is 0.193 e. The van der Waals surface area contributed by atoms with Gasteiger partial charge in [0.25, 0.3) is 0 Å². The second kappa shape index (κ2) is 22.0. The number of hydrogen-bond donors (Lipinski definition) is 0. The van der Waals surface area contributed by atoms with Crippen LogP contribution in [0.15, 0.2) is 22.9 Å². The molecule has 362 valence electrons. The molecule has 0 aliphatic rings. The van der Waals surface area contributed by atoms with E-state index in [1.807, 2.05) is 26.2 Å². The first-order valence-electron chi connectivity index (χ1n) is 23.3. The molecule has 0 radical (unpaired) electrons. The minimum Gasteiger partial charge on any atom is -0.417 e. The van der Waals surface area contributed by atoms with Gasteiger partial charge >= 0.3 is 0 Å². The summed E-state index contributed by atoms with van der Waals surface area (Å²) >= 11 is 1.51. The van der Waals surface area contributed by atoms with Gasteiger partial charge in [-0.2, -0.15) is 0 Å². The number of ketones is 1. The molecule has 0 unspecified atom stereocenters. The number of nitrogens with zero attached hydrogens (tertiary/aromatic N) is 1. The zero-order chi connectivity index (χ0) is 48.9. The molecule has 0 spiro atoms. The maximum Gasteiger partial charge on any atom is 0.193 e. The quantitative estimate of drug-likeness (QED) is 0.0799. The van der Waals surface area contributed by atoms with Crippen molar-refractivity contribution < 1.29 is 31.6 Å². The predicted octanol–water partition coefficient (Wildman–Crippen LogP) is 15.7. The molecular formula is C49H96FNO6SSi4. The third-order valence-corrected chi connectivity index (χ3v) is 33.7. The van der Waals surface area contributed by atoms with Crippen molar-refractivity contribution in [1.29, 1.82) is 0 Å². The van der Waals surface area contributed by atoms with Crippen LogP contribution in [0.1, 0.15) is 148 Å². The highest BCUT2D eigenvalue weighted by Gasteiger charge is 2.50. The second-order valence-electron chi connectivity index (χ2n) is 24.8. The van der Waals surface area contributed by atoms with Gasteiger partial charge in [-0.25, -0.2) is 9.37 Å². The van der Waals surface area contributed by atoms with E-state index < -0.39 is 56.8 Å². The lowest BCUT2D eigenvalue weighted by molar-refractivity contribution is -0.143. The maximum atomic E-state index is 16.0. The van der Waals surface area contributed by atoms with Crippen LogP contribution in [0, 0.1) is 18.3 Å². The van der Waals surface area contributed by atoms with Crippen LogP contribution in [0.5, 0.6) is 0 Å². The van der Waals surface area contributed by atoms with Crippen LogP contribution in [0.2, 0.25) is 72.5 Å². The number of aryl methyl sites for hydroxylation is 1. The summed E-state index contributed by atoms with van der Waals surface area (Å²) in [5, 5.41) is 2.70. The van der Waals surface area contributed by atoms with E-state index in [1.165, 1.54) is 17.4 Å². The molecule has 1 heterocycles. The van der Waals surface area contributed by atoms with Gasteiger partial charge in [-0.15, -0.1) is 11.3 Å². The minimum atomic E-state index is -2.34. The number of Topliss-reactive ketones (excluding diaryl/α,β-unsaturated/α-hetero) is 1. The van der Waals surface area contributed by atoms with Gasteiger partial charge in [0.1, 0.15) is 17.7 Å². The number of rotatable bonds is 23. The Morgan fingerprint density at radius 1 is 0.742 bits per heavy atom. The van der Waals surface area contributed by atoms with E-state index >= 15 is 9.18 Å². The molecule has 0 saturated heterocycles. The van der Waals surface area contributed by atoms with Crippen molar-refractivity contribution in [3.05, 3.63) is 33.6 Å². The van der Waals surface area contributed by atoms with Gasteiger partial charge in [0.2, 0.25) is 0 Å². The van der Waals surface area contributed by atoms with Crippen LogP contribution in [-0.4, -0.2) is 81.7 Å². The van der Waals surface area contributed by atoms with Crippen LogP contribution in [0.3, 0.4) is 0 Å². The molecule has 0 amide bonds. The molecule has 0 saturated carbocycles. The molecule has 13 heteroatoms. The second-order valence-corrected chi connectivity index (χ2v) is 44.9. The van der Waals surface area contributed by atoms with Crippen LogP contribution in [0.4, 0.5) is 4.39 Å². The Bertz CT molecular complexity index is 1640. The SMILES string of the molecule is C/C(=C/C[C@H](O[Si](C)(C)C(C)(C)C)/C(F)=C\c1csc(C)n1)CCO[C@H](C)[C@@H](O[Si](C)(C)C(C)(C)C)[C@@H](C)C(=O)C(C)(C)[C@H](CCO[Si](C)(C)C(C)(C)C)O[Si](C)(C)C(C)(C)C. The number of aromatic nitrogens is 1. The fourth-order valence-corrected chi connectivity index (χ4v) is 11.9. The maximum absolute atomic E-state index is 16.0. The average molecular weight is 959 g/mol. The first-order valence-corrected chi connectivity index (χ1v) is 35.8. The van der Waals surface area contributed by atoms with E-state index in [0.717, 1.165) is 10.6 Å². The summed E-state index contributed by atoms with van der Waals surface area (Å²) in [7, 11) is -8.91. The fraction of sp³-hybridized carbons (Fsp3) is 0.837. The highest BCUT2D eigenvalue weighted by atomic mass is 32.1. The minimum absolute atomic E-state index is 0.0243. The van der Waals surface area contributed by atoms with E-state index in [0.29, 0.717) is 38.2 Å². The molecule has 7 nitrogen and oxygen atoms in total. The normalized spacial score (nSPS) is 17.5. The molecule has 0 aliphatic heterocycles. The lowest BCUT2D eigenvalue weighted by Crippen LogP contribution is -2.55.